The first kappa shape index (κ1) is 18.8. The van der Waals surface area contributed by atoms with Gasteiger partial charge < -0.3 is 14.2 Å². The van der Waals surface area contributed by atoms with E-state index < -0.39 is 0 Å². The maximum atomic E-state index is 12.7. The Labute approximate surface area is 179 Å². The Bertz CT molecular complexity index is 1270. The summed E-state index contributed by atoms with van der Waals surface area (Å²) in [5, 5.41) is 7.12. The van der Waals surface area contributed by atoms with Crippen LogP contribution in [-0.4, -0.2) is 20.4 Å². The summed E-state index contributed by atoms with van der Waals surface area (Å²) in [7, 11) is 0. The molecule has 0 aliphatic carbocycles. The van der Waals surface area contributed by atoms with E-state index in [4.69, 9.17) is 4.52 Å². The van der Waals surface area contributed by atoms with E-state index >= 15 is 0 Å². The molecule has 5 aromatic rings. The summed E-state index contributed by atoms with van der Waals surface area (Å²) >= 11 is 0. The quantitative estimate of drug-likeness (QED) is 0.451. The normalized spacial score (nSPS) is 11.1. The lowest BCUT2D eigenvalue weighted by Crippen LogP contribution is -2.23. The van der Waals surface area contributed by atoms with Gasteiger partial charge in [0, 0.05) is 12.3 Å². The maximum absolute atomic E-state index is 12.7. The summed E-state index contributed by atoms with van der Waals surface area (Å²) in [5.41, 5.74) is 4.58. The smallest absolute Gasteiger partial charge is 0.290 e. The van der Waals surface area contributed by atoms with Crippen molar-refractivity contribution in [3.8, 4) is 0 Å². The first-order chi connectivity index (χ1) is 15.3. The molecule has 0 fully saturated rings. The second kappa shape index (κ2) is 8.28. The van der Waals surface area contributed by atoms with E-state index in [2.05, 4.69) is 39.7 Å². The third-order valence-corrected chi connectivity index (χ3v) is 5.24. The van der Waals surface area contributed by atoms with Crippen LogP contribution < -0.4 is 5.32 Å². The van der Waals surface area contributed by atoms with E-state index in [1.807, 2.05) is 65.2 Å². The van der Waals surface area contributed by atoms with E-state index in [1.54, 1.807) is 12.3 Å². The molecule has 0 atom stereocenters. The van der Waals surface area contributed by atoms with Gasteiger partial charge in [0.2, 0.25) is 5.76 Å². The summed E-state index contributed by atoms with van der Waals surface area (Å²) in [6.07, 6.45) is 3.67. The number of imidazole rings is 1. The minimum atomic E-state index is -0.315. The molecule has 1 amide bonds. The molecule has 2 aromatic carbocycles. The number of nitrogens with zero attached hydrogens (tertiary/aromatic N) is 3. The highest BCUT2D eigenvalue weighted by Gasteiger charge is 2.23. The molecule has 0 saturated carbocycles. The van der Waals surface area contributed by atoms with Crippen LogP contribution in [0.3, 0.4) is 0 Å². The van der Waals surface area contributed by atoms with Crippen molar-refractivity contribution in [2.45, 2.75) is 12.5 Å². The largest absolute Gasteiger partial charge is 0.351 e. The van der Waals surface area contributed by atoms with Crippen molar-refractivity contribution in [2.75, 3.05) is 0 Å². The average Bonchev–Trinajstić information content (AvgIpc) is 3.47. The summed E-state index contributed by atoms with van der Waals surface area (Å²) in [6.45, 7) is 0.334. The molecule has 0 saturated heterocycles. The van der Waals surface area contributed by atoms with Crippen LogP contribution in [0.2, 0.25) is 0 Å². The first-order valence-corrected chi connectivity index (χ1v) is 10.1. The number of nitrogens with one attached hydrogen (secondary N) is 1. The molecular formula is C25H20N4O2. The lowest BCUT2D eigenvalue weighted by atomic mass is 9.88. The van der Waals surface area contributed by atoms with Crippen LogP contribution in [0.1, 0.15) is 39.0 Å². The van der Waals surface area contributed by atoms with Crippen molar-refractivity contribution in [3.63, 3.8) is 0 Å². The summed E-state index contributed by atoms with van der Waals surface area (Å²) in [4.78, 5) is 17.1. The van der Waals surface area contributed by atoms with Crippen molar-refractivity contribution in [3.05, 3.63) is 126 Å². The van der Waals surface area contributed by atoms with Gasteiger partial charge in [0.1, 0.15) is 5.65 Å². The van der Waals surface area contributed by atoms with E-state index in [1.165, 1.54) is 0 Å². The van der Waals surface area contributed by atoms with Crippen molar-refractivity contribution < 1.29 is 9.32 Å². The molecule has 5 rings (SSSR count). The second-order valence-corrected chi connectivity index (χ2v) is 7.23. The number of amides is 1. The summed E-state index contributed by atoms with van der Waals surface area (Å²) in [5.74, 6) is -0.253. The average molecular weight is 408 g/mol. The number of hydrogen-bond acceptors (Lipinski definition) is 4. The van der Waals surface area contributed by atoms with Crippen LogP contribution in [0.25, 0.3) is 5.65 Å². The number of aromatic nitrogens is 3. The SMILES string of the molecule is O=C(NCc1cnc2ccccn12)c1cc(C(c2ccccc2)c2ccccc2)no1. The third kappa shape index (κ3) is 3.83. The maximum Gasteiger partial charge on any atom is 0.290 e. The van der Waals surface area contributed by atoms with Gasteiger partial charge >= 0.3 is 0 Å². The Balaban J connectivity index is 1.38. The minimum Gasteiger partial charge on any atom is -0.351 e. The predicted molar refractivity (Wildman–Crippen MR) is 117 cm³/mol. The molecule has 1 N–H and O–H groups in total. The molecule has 6 heteroatoms. The molecule has 0 spiro atoms. The van der Waals surface area contributed by atoms with E-state index in [-0.39, 0.29) is 17.6 Å². The molecular weight excluding hydrogens is 388 g/mol. The van der Waals surface area contributed by atoms with Gasteiger partial charge in [-0.15, -0.1) is 0 Å². The molecule has 0 aliphatic rings. The Kier molecular flexibility index (Phi) is 5.02. The third-order valence-electron chi connectivity index (χ3n) is 5.24. The van der Waals surface area contributed by atoms with E-state index in [0.29, 0.717) is 12.2 Å². The molecule has 31 heavy (non-hydrogen) atoms. The van der Waals surface area contributed by atoms with Crippen LogP contribution >= 0.6 is 0 Å². The number of rotatable bonds is 6. The highest BCUT2D eigenvalue weighted by molar-refractivity contribution is 5.91. The van der Waals surface area contributed by atoms with Gasteiger partial charge in [-0.1, -0.05) is 71.9 Å². The van der Waals surface area contributed by atoms with Gasteiger partial charge in [-0.05, 0) is 23.3 Å². The van der Waals surface area contributed by atoms with E-state index in [0.717, 1.165) is 22.5 Å². The highest BCUT2D eigenvalue weighted by Crippen LogP contribution is 2.31. The molecule has 6 nitrogen and oxygen atoms in total. The van der Waals surface area contributed by atoms with Gasteiger partial charge in [0.15, 0.2) is 0 Å². The fourth-order valence-corrected chi connectivity index (χ4v) is 3.73. The van der Waals surface area contributed by atoms with Crippen LogP contribution in [0.4, 0.5) is 0 Å². The monoisotopic (exact) mass is 408 g/mol. The fraction of sp³-hybridized carbons (Fsp3) is 0.0800. The van der Waals surface area contributed by atoms with Crippen LogP contribution in [0.15, 0.2) is 102 Å². The van der Waals surface area contributed by atoms with Crippen molar-refractivity contribution >= 4 is 11.6 Å². The first-order valence-electron chi connectivity index (χ1n) is 10.1. The fourth-order valence-electron chi connectivity index (χ4n) is 3.73. The lowest BCUT2D eigenvalue weighted by molar-refractivity contribution is 0.0913. The van der Waals surface area contributed by atoms with Crippen LogP contribution in [-0.2, 0) is 6.54 Å². The van der Waals surface area contributed by atoms with Crippen molar-refractivity contribution in [2.24, 2.45) is 0 Å². The Morgan fingerprint density at radius 1 is 0.935 bits per heavy atom. The van der Waals surface area contributed by atoms with Gasteiger partial charge in [-0.3, -0.25) is 4.79 Å². The zero-order chi connectivity index (χ0) is 21.0. The number of carbonyl (C=O) groups is 1. The zero-order valence-corrected chi connectivity index (χ0v) is 16.7. The minimum absolute atomic E-state index is 0.119. The van der Waals surface area contributed by atoms with Crippen LogP contribution in [0, 0.1) is 0 Å². The highest BCUT2D eigenvalue weighted by atomic mass is 16.5. The van der Waals surface area contributed by atoms with Crippen molar-refractivity contribution in [1.82, 2.24) is 19.9 Å². The van der Waals surface area contributed by atoms with Crippen molar-refractivity contribution in [1.29, 1.82) is 0 Å². The number of carbonyl (C=O) groups excluding carboxylic acids is 1. The number of fused-ring (bicyclic) bond motifs is 1. The molecule has 0 aliphatic heterocycles. The number of benzene rings is 2. The standard InChI is InChI=1S/C25H20N4O2/c30-25(27-17-20-16-26-23-13-7-8-14-29(20)23)22-15-21(28-31-22)24(18-9-3-1-4-10-18)19-11-5-2-6-12-19/h1-16,24H,17H2,(H,27,30). The number of pyridine rings is 1. The topological polar surface area (TPSA) is 72.4 Å². The molecule has 0 unspecified atom stereocenters. The molecule has 3 heterocycles. The second-order valence-electron chi connectivity index (χ2n) is 7.23. The summed E-state index contributed by atoms with van der Waals surface area (Å²) in [6, 6.07) is 27.6. The summed E-state index contributed by atoms with van der Waals surface area (Å²) < 4.78 is 7.36. The predicted octanol–water partition coefficient (Wildman–Crippen LogP) is 4.43. The lowest BCUT2D eigenvalue weighted by Gasteiger charge is -2.15. The Morgan fingerprint density at radius 2 is 1.61 bits per heavy atom. The van der Waals surface area contributed by atoms with Gasteiger partial charge in [0.25, 0.3) is 5.91 Å². The van der Waals surface area contributed by atoms with Crippen LogP contribution in [0.5, 0.6) is 0 Å². The van der Waals surface area contributed by atoms with E-state index in [9.17, 15) is 4.79 Å². The Morgan fingerprint density at radius 3 is 2.32 bits per heavy atom. The molecule has 0 bridgehead atoms. The molecule has 0 radical (unpaired) electrons. The molecule has 152 valence electrons. The van der Waals surface area contributed by atoms with Gasteiger partial charge in [-0.25, -0.2) is 4.98 Å². The number of hydrogen-bond donors (Lipinski definition) is 1. The zero-order valence-electron chi connectivity index (χ0n) is 16.7. The molecule has 3 aromatic heterocycles. The van der Waals surface area contributed by atoms with Gasteiger partial charge in [0.05, 0.1) is 30.0 Å². The van der Waals surface area contributed by atoms with Gasteiger partial charge in [-0.2, -0.15) is 0 Å². The Hall–Kier alpha value is -4.19.